The smallest absolute Gasteiger partial charge is 0.133 e. The van der Waals surface area contributed by atoms with Gasteiger partial charge in [-0.2, -0.15) is 5.26 Å². The second kappa shape index (κ2) is 14.3. The summed E-state index contributed by atoms with van der Waals surface area (Å²) in [5, 5.41) is 20.5. The summed E-state index contributed by atoms with van der Waals surface area (Å²) in [6.07, 6.45) is 8.39. The predicted octanol–water partition coefficient (Wildman–Crippen LogP) is 3.85. The van der Waals surface area contributed by atoms with Gasteiger partial charge in [-0.15, -0.1) is 0 Å². The van der Waals surface area contributed by atoms with E-state index in [9.17, 15) is 4.79 Å². The van der Waals surface area contributed by atoms with Crippen molar-refractivity contribution in [1.29, 1.82) is 5.26 Å². The molecule has 1 aliphatic carbocycles. The Kier molecular flexibility index (Phi) is 12.5. The van der Waals surface area contributed by atoms with E-state index in [1.807, 2.05) is 19.9 Å². The Hall–Kier alpha value is -1.74. The third-order valence-corrected chi connectivity index (χ3v) is 5.57. The first kappa shape index (κ1) is 25.3. The fraction of sp³-hybridized carbons (Fsp3) is 0.667. The van der Waals surface area contributed by atoms with Crippen LogP contribution in [0.25, 0.3) is 0 Å². The summed E-state index contributed by atoms with van der Waals surface area (Å²) in [7, 11) is 2.25. The Balaban J connectivity index is 0.000000358. The van der Waals surface area contributed by atoms with Gasteiger partial charge in [0.1, 0.15) is 6.29 Å². The van der Waals surface area contributed by atoms with E-state index >= 15 is 0 Å². The molecule has 0 amide bonds. The molecule has 2 unspecified atom stereocenters. The van der Waals surface area contributed by atoms with Crippen LogP contribution in [0.1, 0.15) is 75.6 Å². The quantitative estimate of drug-likeness (QED) is 0.579. The minimum absolute atomic E-state index is 0.324. The molecule has 1 aliphatic heterocycles. The lowest BCUT2D eigenvalue weighted by Gasteiger charge is -2.41. The Morgan fingerprint density at radius 2 is 2.00 bits per heavy atom. The van der Waals surface area contributed by atoms with Crippen molar-refractivity contribution in [3.05, 3.63) is 34.9 Å². The fourth-order valence-corrected chi connectivity index (χ4v) is 4.26. The fourth-order valence-electron chi connectivity index (χ4n) is 4.26. The number of aldehydes is 1. The first-order valence-corrected chi connectivity index (χ1v) is 11.1. The molecule has 1 heterocycles. The number of aliphatic hydroxyl groups is 1. The number of aliphatic hydroxyl groups excluding tert-OH is 1. The molecule has 5 heteroatoms. The summed E-state index contributed by atoms with van der Waals surface area (Å²) in [6.45, 7) is 7.63. The maximum absolute atomic E-state index is 9.64. The lowest BCUT2D eigenvalue weighted by atomic mass is 9.77. The third kappa shape index (κ3) is 8.26. The molecule has 1 aromatic carbocycles. The number of carbonyl (C=O) groups is 1. The highest BCUT2D eigenvalue weighted by Gasteiger charge is 2.32. The Labute approximate surface area is 177 Å². The molecule has 0 aromatic heterocycles. The number of nitrogens with one attached hydrogen (secondary N) is 1. The molecule has 0 radical (unpaired) electrons. The normalized spacial score (nSPS) is 20.1. The molecule has 2 aliphatic rings. The van der Waals surface area contributed by atoms with Crippen LogP contribution >= 0.6 is 0 Å². The predicted molar refractivity (Wildman–Crippen MR) is 119 cm³/mol. The average molecular weight is 402 g/mol. The van der Waals surface area contributed by atoms with Gasteiger partial charge in [-0.1, -0.05) is 39.2 Å². The van der Waals surface area contributed by atoms with Gasteiger partial charge in [0, 0.05) is 19.1 Å². The van der Waals surface area contributed by atoms with Gasteiger partial charge in [-0.05, 0) is 62.4 Å². The van der Waals surface area contributed by atoms with Gasteiger partial charge < -0.3 is 15.2 Å². The zero-order valence-electron chi connectivity index (χ0n) is 18.7. The summed E-state index contributed by atoms with van der Waals surface area (Å²) in [4.78, 5) is 12.2. The highest BCUT2D eigenvalue weighted by atomic mass is 16.3. The van der Waals surface area contributed by atoms with Gasteiger partial charge in [0.15, 0.2) is 0 Å². The summed E-state index contributed by atoms with van der Waals surface area (Å²) in [6, 6.07) is 9.13. The van der Waals surface area contributed by atoms with Crippen molar-refractivity contribution in [3.63, 3.8) is 0 Å². The molecule has 0 saturated heterocycles. The second-order valence-electron chi connectivity index (χ2n) is 7.77. The number of benzene rings is 1. The van der Waals surface area contributed by atoms with Gasteiger partial charge in [-0.25, -0.2) is 0 Å². The Morgan fingerprint density at radius 3 is 2.59 bits per heavy atom. The zero-order chi connectivity index (χ0) is 21.6. The highest BCUT2D eigenvalue weighted by molar-refractivity contribution is 5.51. The molecule has 2 N–H and O–H groups in total. The monoisotopic (exact) mass is 401 g/mol. The Morgan fingerprint density at radius 1 is 1.31 bits per heavy atom. The minimum Gasteiger partial charge on any atom is -0.392 e. The van der Waals surface area contributed by atoms with Crippen LogP contribution < -0.4 is 5.32 Å². The Bertz CT molecular complexity index is 634. The number of fused-ring (bicyclic) bond motifs is 1. The van der Waals surface area contributed by atoms with Crippen LogP contribution in [0.15, 0.2) is 18.2 Å². The topological polar surface area (TPSA) is 76.4 Å². The first-order valence-electron chi connectivity index (χ1n) is 11.1. The first-order chi connectivity index (χ1) is 14.1. The van der Waals surface area contributed by atoms with Crippen LogP contribution in [0.3, 0.4) is 0 Å². The van der Waals surface area contributed by atoms with E-state index in [0.29, 0.717) is 19.1 Å². The average Bonchev–Trinajstić information content (AvgIpc) is 2.75. The van der Waals surface area contributed by atoms with Crippen molar-refractivity contribution in [2.24, 2.45) is 5.92 Å². The summed E-state index contributed by atoms with van der Waals surface area (Å²) < 4.78 is 0. The maximum Gasteiger partial charge on any atom is 0.133 e. The van der Waals surface area contributed by atoms with Crippen LogP contribution in [-0.2, 0) is 11.2 Å². The van der Waals surface area contributed by atoms with E-state index in [4.69, 9.17) is 10.4 Å². The van der Waals surface area contributed by atoms with Crippen molar-refractivity contribution >= 4 is 6.29 Å². The van der Waals surface area contributed by atoms with Crippen molar-refractivity contribution < 1.29 is 9.90 Å². The molecule has 1 aromatic rings. The van der Waals surface area contributed by atoms with Crippen molar-refractivity contribution in [1.82, 2.24) is 10.2 Å². The molecular weight excluding hydrogens is 362 g/mol. The molecule has 0 spiro atoms. The SMILES string of the molecule is CC.CC(O)CNCC=O.CN1CCc2ccc(C#N)cc2C1C1CCCCC1. The molecule has 5 nitrogen and oxygen atoms in total. The molecule has 1 fully saturated rings. The molecule has 1 saturated carbocycles. The number of nitriles is 1. The lowest BCUT2D eigenvalue weighted by molar-refractivity contribution is -0.107. The molecule has 162 valence electrons. The van der Waals surface area contributed by atoms with Crippen LogP contribution in [0.2, 0.25) is 0 Å². The van der Waals surface area contributed by atoms with Gasteiger partial charge in [-0.3, -0.25) is 4.90 Å². The number of nitrogens with zero attached hydrogens (tertiary/aromatic N) is 2. The van der Waals surface area contributed by atoms with Crippen molar-refractivity contribution in [2.75, 3.05) is 26.7 Å². The van der Waals surface area contributed by atoms with Crippen molar-refractivity contribution in [2.45, 2.75) is 71.4 Å². The molecule has 2 atom stereocenters. The standard InChI is InChI=1S/C17H22N2.C5H11NO2.C2H6/c1-19-10-9-14-8-7-13(12-18)11-16(14)17(19)15-5-3-2-4-6-15;1-5(8)4-6-2-3-7;1-2/h7-8,11,15,17H,2-6,9-10H2,1H3;3,5-6,8H,2,4H2,1H3;1-2H3. The number of carbonyl (C=O) groups excluding carboxylic acids is 1. The lowest BCUT2D eigenvalue weighted by Crippen LogP contribution is -2.37. The van der Waals surface area contributed by atoms with Crippen LogP contribution in [0, 0.1) is 17.2 Å². The number of likely N-dealkylation sites (N-methyl/N-ethyl adjacent to an activating group) is 1. The van der Waals surface area contributed by atoms with E-state index in [1.54, 1.807) is 6.92 Å². The van der Waals surface area contributed by atoms with E-state index in [2.05, 4.69) is 35.5 Å². The molecule has 3 rings (SSSR count). The van der Waals surface area contributed by atoms with Gasteiger partial charge in [0.2, 0.25) is 0 Å². The van der Waals surface area contributed by atoms with Crippen molar-refractivity contribution in [3.8, 4) is 6.07 Å². The van der Waals surface area contributed by atoms with Crippen LogP contribution in [-0.4, -0.2) is 49.1 Å². The zero-order valence-corrected chi connectivity index (χ0v) is 18.7. The van der Waals surface area contributed by atoms with E-state index in [1.165, 1.54) is 43.2 Å². The molecule has 0 bridgehead atoms. The van der Waals surface area contributed by atoms with Gasteiger partial charge in [0.25, 0.3) is 0 Å². The van der Waals surface area contributed by atoms with E-state index in [-0.39, 0.29) is 6.10 Å². The van der Waals surface area contributed by atoms with Gasteiger partial charge >= 0.3 is 0 Å². The number of hydrogen-bond acceptors (Lipinski definition) is 5. The van der Waals surface area contributed by atoms with E-state index in [0.717, 1.165) is 30.7 Å². The molecule has 29 heavy (non-hydrogen) atoms. The minimum atomic E-state index is -0.366. The maximum atomic E-state index is 9.64. The second-order valence-corrected chi connectivity index (χ2v) is 7.77. The van der Waals surface area contributed by atoms with Crippen LogP contribution in [0.4, 0.5) is 0 Å². The number of rotatable bonds is 5. The summed E-state index contributed by atoms with van der Waals surface area (Å²) in [5.74, 6) is 0.784. The largest absolute Gasteiger partial charge is 0.392 e. The van der Waals surface area contributed by atoms with Gasteiger partial charge in [0.05, 0.1) is 24.3 Å². The third-order valence-electron chi connectivity index (χ3n) is 5.57. The molecular formula is C24H39N3O2. The van der Waals surface area contributed by atoms with Crippen LogP contribution in [0.5, 0.6) is 0 Å². The summed E-state index contributed by atoms with van der Waals surface area (Å²) in [5.41, 5.74) is 3.71. The summed E-state index contributed by atoms with van der Waals surface area (Å²) >= 11 is 0. The van der Waals surface area contributed by atoms with E-state index < -0.39 is 0 Å². The highest BCUT2D eigenvalue weighted by Crippen LogP contribution is 2.41. The number of hydrogen-bond donors (Lipinski definition) is 2.